The Labute approximate surface area is 889 Å². The number of primary amides is 2. The molecule has 0 unspecified atom stereocenters. The van der Waals surface area contributed by atoms with Gasteiger partial charge in [0.25, 0.3) is 0 Å². The van der Waals surface area contributed by atoms with Gasteiger partial charge >= 0.3 is 11.9 Å². The molecule has 818 valence electrons. The minimum atomic E-state index is -3.96. The number of amides is 2. The van der Waals surface area contributed by atoms with Gasteiger partial charge in [-0.25, -0.2) is 52.6 Å². The first-order valence-corrected chi connectivity index (χ1v) is 60.2. The second kappa shape index (κ2) is 49.7. The molecular formula is C118H181ClN10O14S4. The standard InChI is InChI=1S/C31H48N2O4S.C29H44ClN3O3S.C29H45N3O3S.C29H44N2O4S/c1-9-37-29(34)15-16-32-38(35,36)28-20-27(33(22(28)2)21-23-13-11-10-12-14-23)24-17-25(30(3,4)5)19-26(18-24)31(6,7)8;1-19-27(37(35,36)32-14-13-24(31)34)25(30)26(33(19)18-20-11-9-8-10-12-20)21-15-22(28(2,3)4)17-23(16-21)29(5,6)7;1-20-26(36(34,35)31-14-13-27(30)33)18-25(32(20)19-21-11-9-8-10-12-21)22-15-23(28(2,3)4)17-24(16-22)29(5,6)7;1-20-26(36(34,35)30-14-13-27(32)33)18-25(31(20)19-21-11-9-8-10-12-21)22-15-23(28(2,3)4)17-24(16-22)29(5,6)7/h17-20,23,32H,9-16,21H2,1-8H3;15-17,20,32H,8-14,18H2,1-7H3,(H2,31,34);15-18,21,31H,8-14,19H2,1-7H3,(H2,30,33);15-18,21,30H,8-14,19H2,1-7H3,(H,32,33). The number of carbonyl (C=O) groups excluding carboxylic acids is 3. The van der Waals surface area contributed by atoms with Crippen LogP contribution in [-0.4, -0.2) is 114 Å². The first kappa shape index (κ1) is 122. The summed E-state index contributed by atoms with van der Waals surface area (Å²) in [4.78, 5) is 45.9. The number of nitrogens with zero attached hydrogens (tertiary/aromatic N) is 4. The van der Waals surface area contributed by atoms with Crippen LogP contribution in [0.1, 0.15) is 394 Å². The Hall–Kier alpha value is -8.19. The second-order valence-electron chi connectivity index (χ2n) is 50.4. The normalized spacial score (nSPS) is 15.8. The summed E-state index contributed by atoms with van der Waals surface area (Å²) in [6.07, 6.45) is 23.7. The summed E-state index contributed by atoms with van der Waals surface area (Å²) in [6.45, 7) is 65.4. The lowest BCUT2D eigenvalue weighted by Gasteiger charge is -2.27. The zero-order chi connectivity index (χ0) is 110. The summed E-state index contributed by atoms with van der Waals surface area (Å²) in [5.74, 6) is -0.458. The second-order valence-corrected chi connectivity index (χ2v) is 57.7. The van der Waals surface area contributed by atoms with Crippen molar-refractivity contribution in [3.63, 3.8) is 0 Å². The average molecular weight is 2130 g/mol. The number of rotatable bonds is 33. The van der Waals surface area contributed by atoms with E-state index in [1.807, 2.05) is 39.8 Å². The quantitative estimate of drug-likeness (QED) is 0.0188. The Morgan fingerprint density at radius 2 is 0.551 bits per heavy atom. The van der Waals surface area contributed by atoms with Gasteiger partial charge in [0.05, 0.1) is 30.2 Å². The molecule has 4 aliphatic carbocycles. The fourth-order valence-electron chi connectivity index (χ4n) is 20.4. The number of carboxylic acids is 1. The van der Waals surface area contributed by atoms with E-state index < -0.39 is 63.8 Å². The molecule has 2 amide bonds. The van der Waals surface area contributed by atoms with Gasteiger partial charge in [-0.15, -0.1) is 0 Å². The molecule has 4 aromatic heterocycles. The molecule has 4 heterocycles. The smallest absolute Gasteiger partial charge is 0.307 e. The van der Waals surface area contributed by atoms with Gasteiger partial charge in [-0.05, 0) is 281 Å². The molecule has 9 N–H and O–H groups in total. The molecule has 4 saturated carbocycles. The predicted molar refractivity (Wildman–Crippen MR) is 601 cm³/mol. The maximum atomic E-state index is 13.5. The molecule has 0 radical (unpaired) electrons. The maximum absolute atomic E-state index is 13.5. The van der Waals surface area contributed by atoms with E-state index in [4.69, 9.17) is 32.9 Å². The van der Waals surface area contributed by atoms with Crippen LogP contribution in [0.5, 0.6) is 0 Å². The number of aliphatic carboxylic acids is 1. The van der Waals surface area contributed by atoms with Crippen LogP contribution in [0, 0.1) is 51.4 Å². The number of aromatic nitrogens is 4. The lowest BCUT2D eigenvalue weighted by molar-refractivity contribution is -0.143. The summed E-state index contributed by atoms with van der Waals surface area (Å²) < 4.78 is 131. The Morgan fingerprint density at radius 3 is 0.782 bits per heavy atom. The van der Waals surface area contributed by atoms with Gasteiger partial charge < -0.3 is 39.6 Å². The van der Waals surface area contributed by atoms with E-state index in [0.29, 0.717) is 35.1 Å². The summed E-state index contributed by atoms with van der Waals surface area (Å²) in [6, 6.07) is 32.2. The first-order valence-electron chi connectivity index (χ1n) is 53.9. The Kier molecular flexibility index (Phi) is 41.4. The Bertz CT molecular complexity index is 6070. The topological polar surface area (TPSA) is 354 Å². The van der Waals surface area contributed by atoms with Crippen LogP contribution >= 0.6 is 11.6 Å². The molecule has 147 heavy (non-hydrogen) atoms. The molecular weight excluding hydrogens is 1950 g/mol. The van der Waals surface area contributed by atoms with Crippen molar-refractivity contribution in [3.8, 4) is 45.0 Å². The number of ether oxygens (including phenoxy) is 1. The number of esters is 1. The summed E-state index contributed by atoms with van der Waals surface area (Å²) in [7, 11) is -15.4. The third-order valence-corrected chi connectivity index (χ3v) is 36.7. The molecule has 4 aliphatic rings. The van der Waals surface area contributed by atoms with E-state index in [1.54, 1.807) is 13.0 Å². The van der Waals surface area contributed by atoms with Crippen molar-refractivity contribution in [2.24, 2.45) is 35.1 Å². The van der Waals surface area contributed by atoms with Gasteiger partial charge in [0.1, 0.15) is 19.6 Å². The van der Waals surface area contributed by atoms with Crippen LogP contribution in [0.2, 0.25) is 5.02 Å². The molecule has 4 fully saturated rings. The predicted octanol–water partition coefficient (Wildman–Crippen LogP) is 25.5. The van der Waals surface area contributed by atoms with E-state index >= 15 is 0 Å². The van der Waals surface area contributed by atoms with Crippen LogP contribution in [0.15, 0.2) is 111 Å². The zero-order valence-corrected chi connectivity index (χ0v) is 98.5. The van der Waals surface area contributed by atoms with E-state index in [-0.39, 0.29) is 126 Å². The van der Waals surface area contributed by atoms with Crippen molar-refractivity contribution in [1.29, 1.82) is 0 Å². The van der Waals surface area contributed by atoms with Crippen molar-refractivity contribution >= 4 is 75.4 Å². The highest BCUT2D eigenvalue weighted by atomic mass is 35.5. The number of hydrogen-bond donors (Lipinski definition) is 7. The number of halogens is 1. The number of nitrogens with one attached hydrogen (secondary N) is 4. The minimum absolute atomic E-state index is 0.00429. The van der Waals surface area contributed by atoms with Crippen LogP contribution in [0.4, 0.5) is 0 Å². The lowest BCUT2D eigenvalue weighted by Crippen LogP contribution is -2.28. The highest BCUT2D eigenvalue weighted by Gasteiger charge is 2.37. The van der Waals surface area contributed by atoms with Crippen molar-refractivity contribution in [3.05, 3.63) is 163 Å². The van der Waals surface area contributed by atoms with Gasteiger partial charge in [-0.2, -0.15) is 0 Å². The zero-order valence-electron chi connectivity index (χ0n) is 94.5. The molecule has 0 atom stereocenters. The van der Waals surface area contributed by atoms with E-state index in [2.05, 4.69) is 276 Å². The fourth-order valence-corrected chi connectivity index (χ4v) is 26.3. The summed E-state index contributed by atoms with van der Waals surface area (Å²) >= 11 is 7.01. The van der Waals surface area contributed by atoms with Crippen LogP contribution in [0.3, 0.4) is 0 Å². The van der Waals surface area contributed by atoms with E-state index in [9.17, 15) is 52.8 Å². The minimum Gasteiger partial charge on any atom is -0.481 e. The van der Waals surface area contributed by atoms with Crippen molar-refractivity contribution in [2.75, 3.05) is 32.8 Å². The molecule has 12 rings (SSSR count). The molecule has 24 nitrogen and oxygen atoms in total. The number of carbonyl (C=O) groups is 4. The molecule has 8 aromatic rings. The number of carboxylic acid groups (broad SMARTS) is 1. The third-order valence-electron chi connectivity index (χ3n) is 29.9. The number of sulfonamides is 4. The van der Waals surface area contributed by atoms with E-state index in [1.165, 1.54) is 147 Å². The number of benzene rings is 4. The number of nitrogens with two attached hydrogens (primary N) is 2. The van der Waals surface area contributed by atoms with Gasteiger partial charge in [0.15, 0.2) is 0 Å². The molecule has 0 spiro atoms. The first-order chi connectivity index (χ1) is 67.8. The number of hydrogen-bond acceptors (Lipinski definition) is 13. The summed E-state index contributed by atoms with van der Waals surface area (Å²) in [5, 5.41) is 9.19. The van der Waals surface area contributed by atoms with E-state index in [0.717, 1.165) is 108 Å². The third kappa shape index (κ3) is 33.7. The Morgan fingerprint density at radius 1 is 0.327 bits per heavy atom. The molecule has 29 heteroatoms. The fraction of sp³-hybridized carbons (Fsp3) is 0.627. The molecule has 0 aliphatic heterocycles. The molecule has 0 saturated heterocycles. The largest absolute Gasteiger partial charge is 0.481 e. The SMILES string of the molecule is CCOC(=O)CCNS(=O)(=O)c1cc(-c2cc(C(C)(C)C)cc(C(C)(C)C)c2)n(CC2CCCCC2)c1C.Cc1c(S(=O)(=O)NCCC(=O)O)cc(-c2cc(C(C)(C)C)cc(C(C)(C)C)c2)n1CC1CCCCC1.Cc1c(S(=O)(=O)NCCC(N)=O)c(Cl)c(-c2cc(C(C)(C)C)cc(C(C)(C)C)c2)n1CC1CCCCC1.Cc1c(S(=O)(=O)NCCC(N)=O)cc(-c2cc(C(C)(C)C)cc(C(C)(C)C)c2)n1CC1CCCCC1. The van der Waals surface area contributed by atoms with Crippen LogP contribution in [0.25, 0.3) is 45.0 Å². The lowest BCUT2D eigenvalue weighted by atomic mass is 9.79. The van der Waals surface area contributed by atoms with Gasteiger partial charge in [-0.1, -0.05) is 279 Å². The van der Waals surface area contributed by atoms with Crippen molar-refractivity contribution < 1.29 is 62.7 Å². The Balaban J connectivity index is 0.000000218. The average Bonchev–Trinajstić information content (AvgIpc) is 1.59. The molecule has 0 bridgehead atoms. The summed E-state index contributed by atoms with van der Waals surface area (Å²) in [5.41, 5.74) is 30.1. The van der Waals surface area contributed by atoms with Gasteiger partial charge in [0.2, 0.25) is 51.9 Å². The van der Waals surface area contributed by atoms with Gasteiger partial charge in [0, 0.05) is 111 Å². The molecule has 4 aromatic carbocycles. The van der Waals surface area contributed by atoms with Crippen LogP contribution in [-0.2, 0) is 134 Å². The van der Waals surface area contributed by atoms with Crippen molar-refractivity contribution in [2.45, 2.75) is 444 Å². The van der Waals surface area contributed by atoms with Gasteiger partial charge in [-0.3, -0.25) is 19.2 Å². The highest BCUT2D eigenvalue weighted by molar-refractivity contribution is 7.90. The van der Waals surface area contributed by atoms with Crippen molar-refractivity contribution in [1.82, 2.24) is 37.2 Å². The maximum Gasteiger partial charge on any atom is 0.307 e. The van der Waals surface area contributed by atoms with Crippen LogP contribution < -0.4 is 30.4 Å². The highest BCUT2D eigenvalue weighted by Crippen LogP contribution is 2.47. The monoisotopic (exact) mass is 2130 g/mol.